The number of hydrogen-bond donors (Lipinski definition) is 1. The summed E-state index contributed by atoms with van der Waals surface area (Å²) in [5.41, 5.74) is 1.16. The molecule has 2 aromatic rings. The molecule has 0 saturated carbocycles. The first kappa shape index (κ1) is 13.8. The van der Waals surface area contributed by atoms with Crippen LogP contribution in [0.5, 0.6) is 0 Å². The standard InChI is InChI=1S/C15H16FN3O2/c1-18-8-13(17-9-18)15(21)19-7-12(20)6-14(19)10-2-4-11(16)5-3-10/h2-5,8-9,12,14,20H,6-7H2,1H3/t12-,14-/m0/s1. The summed E-state index contributed by atoms with van der Waals surface area (Å²) in [5.74, 6) is -0.540. The SMILES string of the molecule is Cn1cnc(C(=O)N2C[C@@H](O)C[C@H]2c2ccc(F)cc2)c1. The molecule has 1 amide bonds. The molecule has 110 valence electrons. The molecule has 1 saturated heterocycles. The van der Waals surface area contributed by atoms with E-state index in [1.165, 1.54) is 12.1 Å². The number of nitrogens with zero attached hydrogens (tertiary/aromatic N) is 3. The Morgan fingerprint density at radius 2 is 2.10 bits per heavy atom. The number of carbonyl (C=O) groups is 1. The highest BCUT2D eigenvalue weighted by Crippen LogP contribution is 2.33. The van der Waals surface area contributed by atoms with E-state index in [9.17, 15) is 14.3 Å². The summed E-state index contributed by atoms with van der Waals surface area (Å²) in [7, 11) is 1.79. The first-order valence-corrected chi connectivity index (χ1v) is 6.77. The van der Waals surface area contributed by atoms with E-state index in [-0.39, 0.29) is 24.3 Å². The van der Waals surface area contributed by atoms with E-state index in [1.54, 1.807) is 41.2 Å². The summed E-state index contributed by atoms with van der Waals surface area (Å²) in [6.45, 7) is 0.261. The number of rotatable bonds is 2. The molecule has 0 unspecified atom stereocenters. The quantitative estimate of drug-likeness (QED) is 0.911. The lowest BCUT2D eigenvalue weighted by atomic mass is 10.0. The van der Waals surface area contributed by atoms with E-state index in [4.69, 9.17) is 0 Å². The van der Waals surface area contributed by atoms with Gasteiger partial charge in [-0.2, -0.15) is 0 Å². The Morgan fingerprint density at radius 1 is 1.38 bits per heavy atom. The summed E-state index contributed by atoms with van der Waals surface area (Å²) in [5, 5.41) is 9.89. The van der Waals surface area contributed by atoms with Crippen LogP contribution in [0.15, 0.2) is 36.8 Å². The van der Waals surface area contributed by atoms with E-state index in [1.807, 2.05) is 0 Å². The molecule has 1 N–H and O–H groups in total. The average Bonchev–Trinajstić information content (AvgIpc) is 3.05. The van der Waals surface area contributed by atoms with E-state index in [0.717, 1.165) is 5.56 Å². The van der Waals surface area contributed by atoms with Crippen LogP contribution in [0.25, 0.3) is 0 Å². The summed E-state index contributed by atoms with van der Waals surface area (Å²) >= 11 is 0. The van der Waals surface area contributed by atoms with E-state index < -0.39 is 6.10 Å². The third-order valence-corrected chi connectivity index (χ3v) is 3.72. The summed E-state index contributed by atoms with van der Waals surface area (Å²) < 4.78 is 14.7. The molecule has 2 heterocycles. The zero-order chi connectivity index (χ0) is 15.0. The summed E-state index contributed by atoms with van der Waals surface area (Å²) in [6, 6.07) is 5.77. The highest BCUT2D eigenvalue weighted by Gasteiger charge is 2.36. The van der Waals surface area contributed by atoms with Crippen molar-refractivity contribution in [2.75, 3.05) is 6.54 Å². The van der Waals surface area contributed by atoms with Gasteiger partial charge in [0.1, 0.15) is 11.5 Å². The number of aliphatic hydroxyl groups excluding tert-OH is 1. The van der Waals surface area contributed by atoms with Gasteiger partial charge in [0.2, 0.25) is 0 Å². The van der Waals surface area contributed by atoms with Crippen molar-refractivity contribution < 1.29 is 14.3 Å². The second-order valence-electron chi connectivity index (χ2n) is 5.34. The maximum Gasteiger partial charge on any atom is 0.274 e. The van der Waals surface area contributed by atoms with Gasteiger partial charge in [-0.25, -0.2) is 9.37 Å². The molecule has 0 spiro atoms. The second kappa shape index (κ2) is 5.29. The van der Waals surface area contributed by atoms with Gasteiger partial charge in [0.15, 0.2) is 0 Å². The Bertz CT molecular complexity index is 653. The van der Waals surface area contributed by atoms with Gasteiger partial charge >= 0.3 is 0 Å². The number of halogens is 1. The highest BCUT2D eigenvalue weighted by atomic mass is 19.1. The molecular formula is C15H16FN3O2. The molecule has 21 heavy (non-hydrogen) atoms. The van der Waals surface area contributed by atoms with Crippen molar-refractivity contribution in [3.63, 3.8) is 0 Å². The van der Waals surface area contributed by atoms with Crippen molar-refractivity contribution in [3.05, 3.63) is 53.9 Å². The fourth-order valence-corrected chi connectivity index (χ4v) is 2.71. The minimum Gasteiger partial charge on any atom is -0.391 e. The van der Waals surface area contributed by atoms with E-state index >= 15 is 0 Å². The van der Waals surface area contributed by atoms with E-state index in [0.29, 0.717) is 12.1 Å². The second-order valence-corrected chi connectivity index (χ2v) is 5.34. The minimum atomic E-state index is -0.576. The summed E-state index contributed by atoms with van der Waals surface area (Å²) in [4.78, 5) is 18.2. The minimum absolute atomic E-state index is 0.221. The van der Waals surface area contributed by atoms with Crippen LogP contribution in [0, 0.1) is 5.82 Å². The topological polar surface area (TPSA) is 58.4 Å². The third kappa shape index (κ3) is 2.67. The van der Waals surface area contributed by atoms with E-state index in [2.05, 4.69) is 4.98 Å². The number of hydrogen-bond acceptors (Lipinski definition) is 3. The number of aryl methyl sites for hydroxylation is 1. The van der Waals surface area contributed by atoms with Crippen LogP contribution in [-0.4, -0.2) is 38.1 Å². The van der Waals surface area contributed by atoms with Crippen LogP contribution in [0.3, 0.4) is 0 Å². The van der Waals surface area contributed by atoms with Crippen molar-refractivity contribution in [3.8, 4) is 0 Å². The first-order valence-electron chi connectivity index (χ1n) is 6.77. The van der Waals surface area contributed by atoms with Gasteiger partial charge < -0.3 is 14.6 Å². The number of aliphatic hydroxyl groups is 1. The van der Waals surface area contributed by atoms with Crippen LogP contribution in [-0.2, 0) is 7.05 Å². The Labute approximate surface area is 121 Å². The van der Waals surface area contributed by atoms with Crippen LogP contribution in [0.1, 0.15) is 28.5 Å². The van der Waals surface area contributed by atoms with Crippen LogP contribution in [0.4, 0.5) is 4.39 Å². The fraction of sp³-hybridized carbons (Fsp3) is 0.333. The van der Waals surface area contributed by atoms with Crippen LogP contribution < -0.4 is 0 Å². The van der Waals surface area contributed by atoms with Gasteiger partial charge in [-0.15, -0.1) is 0 Å². The molecule has 5 nitrogen and oxygen atoms in total. The zero-order valence-corrected chi connectivity index (χ0v) is 11.6. The molecular weight excluding hydrogens is 273 g/mol. The lowest BCUT2D eigenvalue weighted by Crippen LogP contribution is -2.32. The third-order valence-electron chi connectivity index (χ3n) is 3.72. The van der Waals surface area contributed by atoms with Crippen molar-refractivity contribution in [1.82, 2.24) is 14.5 Å². The number of benzene rings is 1. The molecule has 1 aliphatic rings. The molecule has 0 bridgehead atoms. The van der Waals surface area contributed by atoms with Gasteiger partial charge in [-0.3, -0.25) is 4.79 Å². The Balaban J connectivity index is 1.88. The number of likely N-dealkylation sites (tertiary alicyclic amines) is 1. The lowest BCUT2D eigenvalue weighted by molar-refractivity contribution is 0.0710. The van der Waals surface area contributed by atoms with Crippen LogP contribution >= 0.6 is 0 Å². The van der Waals surface area contributed by atoms with Crippen LogP contribution in [0.2, 0.25) is 0 Å². The Hall–Kier alpha value is -2.21. The van der Waals surface area contributed by atoms with Crippen molar-refractivity contribution >= 4 is 5.91 Å². The summed E-state index contributed by atoms with van der Waals surface area (Å²) in [6.07, 6.45) is 3.08. The number of imidazole rings is 1. The molecule has 3 rings (SSSR count). The predicted molar refractivity (Wildman–Crippen MR) is 74.0 cm³/mol. The van der Waals surface area contributed by atoms with Gasteiger partial charge in [-0.05, 0) is 24.1 Å². The fourth-order valence-electron chi connectivity index (χ4n) is 2.71. The number of amides is 1. The molecule has 0 aliphatic carbocycles. The molecule has 1 aromatic heterocycles. The Morgan fingerprint density at radius 3 is 2.71 bits per heavy atom. The van der Waals surface area contributed by atoms with Crippen molar-refractivity contribution in [2.45, 2.75) is 18.6 Å². The maximum atomic E-state index is 13.0. The van der Waals surface area contributed by atoms with Gasteiger partial charge in [0.25, 0.3) is 5.91 Å². The Kier molecular flexibility index (Phi) is 3.47. The molecule has 6 heteroatoms. The number of carbonyl (C=O) groups excluding carboxylic acids is 1. The predicted octanol–water partition coefficient (Wildman–Crippen LogP) is 1.51. The number of β-amino-alcohol motifs (C(OH)–C–C–N with tert-alkyl or cyclic N) is 1. The normalized spacial score (nSPS) is 21.8. The van der Waals surface area contributed by atoms with Crippen molar-refractivity contribution in [2.24, 2.45) is 7.05 Å². The molecule has 1 fully saturated rings. The van der Waals surface area contributed by atoms with Gasteiger partial charge in [0.05, 0.1) is 18.5 Å². The zero-order valence-electron chi connectivity index (χ0n) is 11.6. The highest BCUT2D eigenvalue weighted by molar-refractivity contribution is 5.92. The largest absolute Gasteiger partial charge is 0.391 e. The molecule has 2 atom stereocenters. The lowest BCUT2D eigenvalue weighted by Gasteiger charge is -2.24. The number of aromatic nitrogens is 2. The smallest absolute Gasteiger partial charge is 0.274 e. The molecule has 0 radical (unpaired) electrons. The average molecular weight is 289 g/mol. The molecule has 1 aromatic carbocycles. The monoisotopic (exact) mass is 289 g/mol. The molecule has 1 aliphatic heterocycles. The first-order chi connectivity index (χ1) is 10.0. The van der Waals surface area contributed by atoms with Gasteiger partial charge in [0, 0.05) is 19.8 Å². The maximum absolute atomic E-state index is 13.0. The van der Waals surface area contributed by atoms with Gasteiger partial charge in [-0.1, -0.05) is 12.1 Å². The van der Waals surface area contributed by atoms with Crippen molar-refractivity contribution in [1.29, 1.82) is 0 Å².